The molecule has 0 aromatic heterocycles. The molecule has 0 amide bonds. The van der Waals surface area contributed by atoms with Crippen LogP contribution in [0.4, 0.5) is 22.7 Å². The fourth-order valence-electron chi connectivity index (χ4n) is 10.3. The Hall–Kier alpha value is -6.90. The molecule has 4 atom stereocenters. The molecule has 284 valence electrons. The maximum absolute atomic E-state index is 2.61. The van der Waals surface area contributed by atoms with Crippen LogP contribution in [0.5, 0.6) is 0 Å². The van der Waals surface area contributed by atoms with Crippen molar-refractivity contribution < 1.29 is 0 Å². The SMILES string of the molecule is CC1(C)c2ccccc2-c2c(-c3ccc(N(c4ccc(-c5ccccc5)cc4)c4ccc(-c5ccc(N6C7C=CC=CC7C7C=CC=CC76)cc5)cc4)cc3)cccc21. The highest BCUT2D eigenvalue weighted by atomic mass is 15.2. The van der Waals surface area contributed by atoms with E-state index in [9.17, 15) is 0 Å². The Morgan fingerprint density at radius 2 is 0.831 bits per heavy atom. The van der Waals surface area contributed by atoms with E-state index in [1.54, 1.807) is 0 Å². The lowest BCUT2D eigenvalue weighted by Crippen LogP contribution is -2.36. The number of benzene rings is 7. The van der Waals surface area contributed by atoms with E-state index < -0.39 is 0 Å². The highest BCUT2D eigenvalue weighted by Crippen LogP contribution is 2.52. The third kappa shape index (κ3) is 5.93. The van der Waals surface area contributed by atoms with Gasteiger partial charge >= 0.3 is 0 Å². The Bertz CT molecular complexity index is 2750. The van der Waals surface area contributed by atoms with E-state index in [-0.39, 0.29) is 5.41 Å². The van der Waals surface area contributed by atoms with Gasteiger partial charge in [-0.3, -0.25) is 0 Å². The van der Waals surface area contributed by atoms with Crippen LogP contribution in [0.3, 0.4) is 0 Å². The number of rotatable bonds is 7. The summed E-state index contributed by atoms with van der Waals surface area (Å²) in [5.74, 6) is 0.993. The van der Waals surface area contributed by atoms with E-state index in [1.165, 1.54) is 61.3 Å². The summed E-state index contributed by atoms with van der Waals surface area (Å²) in [5.41, 5.74) is 17.4. The number of hydrogen-bond acceptors (Lipinski definition) is 2. The maximum Gasteiger partial charge on any atom is 0.0551 e. The van der Waals surface area contributed by atoms with E-state index in [1.807, 2.05) is 0 Å². The Balaban J connectivity index is 0.923. The van der Waals surface area contributed by atoms with Gasteiger partial charge in [-0.25, -0.2) is 0 Å². The molecule has 11 rings (SSSR count). The Labute approximate surface area is 348 Å². The molecule has 7 aromatic rings. The van der Waals surface area contributed by atoms with Crippen molar-refractivity contribution >= 4 is 22.7 Å². The average molecular weight is 759 g/mol. The van der Waals surface area contributed by atoms with Crippen LogP contribution in [0.25, 0.3) is 44.5 Å². The van der Waals surface area contributed by atoms with Gasteiger partial charge in [0.05, 0.1) is 12.1 Å². The van der Waals surface area contributed by atoms with Gasteiger partial charge in [-0.05, 0) is 104 Å². The molecule has 1 fully saturated rings. The molecule has 3 aliphatic carbocycles. The number of allylic oxidation sites excluding steroid dienone is 4. The Morgan fingerprint density at radius 3 is 1.41 bits per heavy atom. The van der Waals surface area contributed by atoms with Crippen LogP contribution < -0.4 is 9.80 Å². The first-order valence-corrected chi connectivity index (χ1v) is 21.0. The molecule has 1 saturated heterocycles. The minimum Gasteiger partial charge on any atom is -0.357 e. The maximum atomic E-state index is 2.61. The molecule has 1 heterocycles. The molecule has 2 nitrogen and oxygen atoms in total. The molecule has 7 aromatic carbocycles. The molecule has 4 unspecified atom stereocenters. The summed E-state index contributed by atoms with van der Waals surface area (Å²) in [6.07, 6.45) is 18.4. The predicted octanol–water partition coefficient (Wildman–Crippen LogP) is 14.5. The van der Waals surface area contributed by atoms with Crippen LogP contribution in [-0.2, 0) is 5.41 Å². The summed E-state index contributed by atoms with van der Waals surface area (Å²) >= 11 is 0. The molecule has 0 radical (unpaired) electrons. The van der Waals surface area contributed by atoms with Crippen LogP contribution in [0.2, 0.25) is 0 Å². The minimum atomic E-state index is -0.0331. The minimum absolute atomic E-state index is 0.0331. The monoisotopic (exact) mass is 758 g/mol. The van der Waals surface area contributed by atoms with Gasteiger partial charge in [-0.15, -0.1) is 0 Å². The quantitative estimate of drug-likeness (QED) is 0.160. The lowest BCUT2D eigenvalue weighted by Gasteiger charge is -2.32. The Morgan fingerprint density at radius 1 is 0.390 bits per heavy atom. The summed E-state index contributed by atoms with van der Waals surface area (Å²) in [5, 5.41) is 0. The van der Waals surface area contributed by atoms with Crippen molar-refractivity contribution in [2.24, 2.45) is 11.8 Å². The topological polar surface area (TPSA) is 6.48 Å². The Kier molecular flexibility index (Phi) is 8.48. The third-order valence-electron chi connectivity index (χ3n) is 13.3. The smallest absolute Gasteiger partial charge is 0.0551 e. The van der Waals surface area contributed by atoms with Gasteiger partial charge in [-0.1, -0.05) is 184 Å². The molecule has 2 heteroatoms. The number of nitrogens with zero attached hydrogens (tertiary/aromatic N) is 2. The zero-order valence-electron chi connectivity index (χ0n) is 33.5. The molecule has 4 aliphatic rings. The van der Waals surface area contributed by atoms with E-state index in [4.69, 9.17) is 0 Å². The van der Waals surface area contributed by atoms with Crippen molar-refractivity contribution in [3.8, 4) is 44.5 Å². The van der Waals surface area contributed by atoms with Crippen molar-refractivity contribution in [1.82, 2.24) is 0 Å². The van der Waals surface area contributed by atoms with Gasteiger partial charge in [-0.2, -0.15) is 0 Å². The summed E-state index contributed by atoms with van der Waals surface area (Å²) < 4.78 is 0. The van der Waals surface area contributed by atoms with Crippen LogP contribution in [-0.4, -0.2) is 12.1 Å². The highest BCUT2D eigenvalue weighted by Gasteiger charge is 2.45. The van der Waals surface area contributed by atoms with Crippen molar-refractivity contribution in [1.29, 1.82) is 0 Å². The zero-order chi connectivity index (χ0) is 39.5. The first-order valence-electron chi connectivity index (χ1n) is 21.0. The normalized spacial score (nSPS) is 20.2. The van der Waals surface area contributed by atoms with Crippen LogP contribution in [0.15, 0.2) is 218 Å². The number of fused-ring (bicyclic) bond motifs is 6. The average Bonchev–Trinajstić information content (AvgIpc) is 3.76. The fraction of sp³-hybridized carbons (Fsp3) is 0.123. The van der Waals surface area contributed by atoms with Gasteiger partial charge in [0.2, 0.25) is 0 Å². The van der Waals surface area contributed by atoms with E-state index in [2.05, 4.69) is 242 Å². The van der Waals surface area contributed by atoms with Crippen LogP contribution in [0.1, 0.15) is 25.0 Å². The summed E-state index contributed by atoms with van der Waals surface area (Å²) in [7, 11) is 0. The summed E-state index contributed by atoms with van der Waals surface area (Å²) in [4.78, 5) is 4.98. The van der Waals surface area contributed by atoms with Crippen molar-refractivity contribution in [2.45, 2.75) is 31.3 Å². The molecule has 0 bridgehead atoms. The molecule has 0 N–H and O–H groups in total. The largest absolute Gasteiger partial charge is 0.357 e. The van der Waals surface area contributed by atoms with Crippen LogP contribution in [0, 0.1) is 11.8 Å². The molecule has 0 saturated carbocycles. The predicted molar refractivity (Wildman–Crippen MR) is 249 cm³/mol. The zero-order valence-corrected chi connectivity index (χ0v) is 33.5. The lowest BCUT2D eigenvalue weighted by molar-refractivity contribution is 0.527. The van der Waals surface area contributed by atoms with Gasteiger partial charge in [0, 0.05) is 40.0 Å². The van der Waals surface area contributed by atoms with Crippen molar-refractivity contribution in [2.75, 3.05) is 9.80 Å². The first-order chi connectivity index (χ1) is 29.0. The highest BCUT2D eigenvalue weighted by molar-refractivity contribution is 5.93. The van der Waals surface area contributed by atoms with Gasteiger partial charge < -0.3 is 9.80 Å². The fourth-order valence-corrected chi connectivity index (χ4v) is 10.3. The number of anilines is 4. The second-order valence-corrected chi connectivity index (χ2v) is 16.9. The summed E-state index contributed by atoms with van der Waals surface area (Å²) in [6, 6.07) is 63.4. The third-order valence-corrected chi connectivity index (χ3v) is 13.3. The van der Waals surface area contributed by atoms with E-state index in [0.29, 0.717) is 23.9 Å². The van der Waals surface area contributed by atoms with Crippen molar-refractivity contribution in [3.63, 3.8) is 0 Å². The van der Waals surface area contributed by atoms with Crippen molar-refractivity contribution in [3.05, 3.63) is 230 Å². The van der Waals surface area contributed by atoms with E-state index in [0.717, 1.165) is 17.1 Å². The van der Waals surface area contributed by atoms with Gasteiger partial charge in [0.1, 0.15) is 0 Å². The molecule has 59 heavy (non-hydrogen) atoms. The van der Waals surface area contributed by atoms with E-state index >= 15 is 0 Å². The van der Waals surface area contributed by atoms with Gasteiger partial charge in [0.15, 0.2) is 0 Å². The molecule has 0 spiro atoms. The summed E-state index contributed by atoms with van der Waals surface area (Å²) in [6.45, 7) is 4.70. The lowest BCUT2D eigenvalue weighted by atomic mass is 9.82. The number of hydrogen-bond donors (Lipinski definition) is 0. The standard InChI is InChI=1S/C57H46N2/c1-57(2)52-19-9-6-17-51(52)56-48(18-12-20-53(56)57)43-29-37-46(38-30-43)58(44-31-23-40(24-32-44)39-13-4-3-5-14-39)45-33-25-41(26-34-45)42-27-35-47(36-28-42)59-54-21-10-7-15-49(54)50-16-8-11-22-55(50)59/h3-38,49-50,54-55H,1-2H3. The first kappa shape index (κ1) is 35.3. The molecule has 1 aliphatic heterocycles. The molecular formula is C57H46N2. The second-order valence-electron chi connectivity index (χ2n) is 16.9. The van der Waals surface area contributed by atoms with Crippen LogP contribution >= 0.6 is 0 Å². The molecular weight excluding hydrogens is 713 g/mol. The second kappa shape index (κ2) is 14.2. The van der Waals surface area contributed by atoms with Gasteiger partial charge in [0.25, 0.3) is 0 Å².